The van der Waals surface area contributed by atoms with Crippen LogP contribution in [0, 0.1) is 10.1 Å². The van der Waals surface area contributed by atoms with Gasteiger partial charge in [0.2, 0.25) is 0 Å². The molecule has 0 unspecified atom stereocenters. The summed E-state index contributed by atoms with van der Waals surface area (Å²) in [5.74, 6) is -0.147. The summed E-state index contributed by atoms with van der Waals surface area (Å²) in [6.07, 6.45) is 2.09. The van der Waals surface area contributed by atoms with Crippen LogP contribution in [0.15, 0.2) is 6.07 Å². The number of rotatable bonds is 2. The molecular formula is C9H14N4O3. The van der Waals surface area contributed by atoms with Gasteiger partial charge in [0.1, 0.15) is 5.69 Å². The van der Waals surface area contributed by atoms with Crippen LogP contribution < -0.4 is 5.73 Å². The molecule has 7 nitrogen and oxygen atoms in total. The molecule has 1 aliphatic rings. The number of hydrogen-bond donors (Lipinski definition) is 3. The van der Waals surface area contributed by atoms with Gasteiger partial charge in [-0.15, -0.1) is 5.10 Å². The summed E-state index contributed by atoms with van der Waals surface area (Å²) < 4.78 is 0. The van der Waals surface area contributed by atoms with E-state index in [-0.39, 0.29) is 11.9 Å². The number of aromatic amines is 1. The Kier molecular flexibility index (Phi) is 2.64. The minimum absolute atomic E-state index is 0.147. The van der Waals surface area contributed by atoms with Crippen molar-refractivity contribution < 1.29 is 10.0 Å². The normalized spacial score (nSPS) is 30.2. The van der Waals surface area contributed by atoms with Crippen LogP contribution in [0.5, 0.6) is 0 Å². The minimum atomic E-state index is -0.649. The molecule has 0 radical (unpaired) electrons. The number of H-pyrrole nitrogens is 1. The highest BCUT2D eigenvalue weighted by atomic mass is 16.6. The SMILES string of the molecule is NC1(c2cc([N+](=O)[O-])[nH]n2)CCC(O)CC1. The number of nitrogens with one attached hydrogen (secondary N) is 1. The van der Waals surface area contributed by atoms with Gasteiger partial charge >= 0.3 is 5.82 Å². The van der Waals surface area contributed by atoms with Crippen LogP contribution >= 0.6 is 0 Å². The number of aliphatic hydroxyl groups excluding tert-OH is 1. The summed E-state index contributed by atoms with van der Waals surface area (Å²) in [5, 5.41) is 26.1. The lowest BCUT2D eigenvalue weighted by atomic mass is 9.79. The fraction of sp³-hybridized carbons (Fsp3) is 0.667. The quantitative estimate of drug-likeness (QED) is 0.498. The van der Waals surface area contributed by atoms with E-state index < -0.39 is 10.5 Å². The van der Waals surface area contributed by atoms with Crippen LogP contribution in [0.3, 0.4) is 0 Å². The number of nitrogens with two attached hydrogens (primary N) is 1. The largest absolute Gasteiger partial charge is 0.393 e. The van der Waals surface area contributed by atoms with Crippen molar-refractivity contribution in [2.45, 2.75) is 37.3 Å². The molecule has 2 rings (SSSR count). The van der Waals surface area contributed by atoms with E-state index in [1.807, 2.05) is 0 Å². The maximum atomic E-state index is 10.5. The zero-order valence-electron chi connectivity index (χ0n) is 8.72. The fourth-order valence-electron chi connectivity index (χ4n) is 2.03. The molecule has 4 N–H and O–H groups in total. The van der Waals surface area contributed by atoms with Gasteiger partial charge in [-0.05, 0) is 30.6 Å². The first-order valence-corrected chi connectivity index (χ1v) is 5.18. The summed E-state index contributed by atoms with van der Waals surface area (Å²) in [6.45, 7) is 0. The van der Waals surface area contributed by atoms with Crippen molar-refractivity contribution >= 4 is 5.82 Å². The zero-order chi connectivity index (χ0) is 11.8. The Morgan fingerprint density at radius 3 is 2.75 bits per heavy atom. The highest BCUT2D eigenvalue weighted by Gasteiger charge is 2.36. The highest BCUT2D eigenvalue weighted by molar-refractivity contribution is 5.26. The Morgan fingerprint density at radius 2 is 2.25 bits per heavy atom. The van der Waals surface area contributed by atoms with Crippen LogP contribution in [-0.4, -0.2) is 26.3 Å². The van der Waals surface area contributed by atoms with E-state index >= 15 is 0 Å². The molecule has 16 heavy (non-hydrogen) atoms. The standard InChI is InChI=1S/C9H14N4O3/c10-9(3-1-6(14)2-4-9)7-5-8(12-11-7)13(15)16/h5-6,14H,1-4,10H2,(H,11,12). The Balaban J connectivity index is 2.19. The third kappa shape index (κ3) is 1.91. The Bertz CT molecular complexity index is 395. The van der Waals surface area contributed by atoms with Crippen molar-refractivity contribution in [2.75, 3.05) is 0 Å². The van der Waals surface area contributed by atoms with Gasteiger partial charge in [-0.25, -0.2) is 0 Å². The average molecular weight is 226 g/mol. The third-order valence-corrected chi connectivity index (χ3v) is 3.12. The van der Waals surface area contributed by atoms with Crippen molar-refractivity contribution in [2.24, 2.45) is 5.73 Å². The zero-order valence-corrected chi connectivity index (χ0v) is 8.72. The number of hydrogen-bond acceptors (Lipinski definition) is 5. The van der Waals surface area contributed by atoms with Crippen molar-refractivity contribution in [3.05, 3.63) is 21.9 Å². The lowest BCUT2D eigenvalue weighted by Crippen LogP contribution is -2.41. The van der Waals surface area contributed by atoms with Gasteiger partial charge in [0.15, 0.2) is 0 Å². The second-order valence-corrected chi connectivity index (χ2v) is 4.28. The van der Waals surface area contributed by atoms with Crippen molar-refractivity contribution in [1.29, 1.82) is 0 Å². The van der Waals surface area contributed by atoms with E-state index in [1.165, 1.54) is 6.07 Å². The topological polar surface area (TPSA) is 118 Å². The third-order valence-electron chi connectivity index (χ3n) is 3.12. The van der Waals surface area contributed by atoms with Crippen molar-refractivity contribution in [3.63, 3.8) is 0 Å². The van der Waals surface area contributed by atoms with E-state index in [9.17, 15) is 15.2 Å². The molecule has 1 aromatic rings. The van der Waals surface area contributed by atoms with Gasteiger partial charge in [0.25, 0.3) is 0 Å². The van der Waals surface area contributed by atoms with E-state index in [1.54, 1.807) is 0 Å². The van der Waals surface area contributed by atoms with Gasteiger partial charge in [0.05, 0.1) is 17.7 Å². The molecular weight excluding hydrogens is 212 g/mol. The van der Waals surface area contributed by atoms with Crippen LogP contribution in [0.1, 0.15) is 31.4 Å². The van der Waals surface area contributed by atoms with Gasteiger partial charge in [0, 0.05) is 0 Å². The molecule has 1 aliphatic carbocycles. The summed E-state index contributed by atoms with van der Waals surface area (Å²) in [7, 11) is 0. The van der Waals surface area contributed by atoms with Gasteiger partial charge < -0.3 is 21.0 Å². The number of aliphatic hydroxyl groups is 1. The van der Waals surface area contributed by atoms with Crippen LogP contribution in [0.25, 0.3) is 0 Å². The van der Waals surface area contributed by atoms with E-state index in [4.69, 9.17) is 5.73 Å². The molecule has 7 heteroatoms. The van der Waals surface area contributed by atoms with Crippen LogP contribution in [0.4, 0.5) is 5.82 Å². The fourth-order valence-corrected chi connectivity index (χ4v) is 2.03. The van der Waals surface area contributed by atoms with Gasteiger partial charge in [-0.1, -0.05) is 5.10 Å². The van der Waals surface area contributed by atoms with E-state index in [0.29, 0.717) is 31.4 Å². The second-order valence-electron chi connectivity index (χ2n) is 4.28. The molecule has 1 fully saturated rings. The molecule has 0 saturated heterocycles. The summed E-state index contributed by atoms with van der Waals surface area (Å²) >= 11 is 0. The molecule has 0 aromatic carbocycles. The van der Waals surface area contributed by atoms with E-state index in [2.05, 4.69) is 10.2 Å². The lowest BCUT2D eigenvalue weighted by molar-refractivity contribution is -0.389. The average Bonchev–Trinajstić information content (AvgIpc) is 2.72. The first-order chi connectivity index (χ1) is 7.51. The Hall–Kier alpha value is -1.47. The molecule has 88 valence electrons. The molecule has 0 amide bonds. The number of aromatic nitrogens is 2. The maximum absolute atomic E-state index is 10.5. The maximum Gasteiger partial charge on any atom is 0.342 e. The van der Waals surface area contributed by atoms with Crippen LogP contribution in [0.2, 0.25) is 0 Å². The molecule has 0 atom stereocenters. The smallest absolute Gasteiger partial charge is 0.342 e. The predicted molar refractivity (Wildman–Crippen MR) is 55.6 cm³/mol. The predicted octanol–water partition coefficient (Wildman–Crippen LogP) is 0.407. The van der Waals surface area contributed by atoms with Gasteiger partial charge in [-0.2, -0.15) is 0 Å². The molecule has 1 heterocycles. The van der Waals surface area contributed by atoms with Crippen molar-refractivity contribution in [3.8, 4) is 0 Å². The molecule has 1 saturated carbocycles. The molecule has 1 aromatic heterocycles. The lowest BCUT2D eigenvalue weighted by Gasteiger charge is -2.33. The minimum Gasteiger partial charge on any atom is -0.393 e. The summed E-state index contributed by atoms with van der Waals surface area (Å²) in [6, 6.07) is 1.37. The summed E-state index contributed by atoms with van der Waals surface area (Å²) in [5.41, 5.74) is 6.00. The summed E-state index contributed by atoms with van der Waals surface area (Å²) in [4.78, 5) is 9.98. The van der Waals surface area contributed by atoms with Gasteiger partial charge in [-0.3, -0.25) is 0 Å². The molecule has 0 aliphatic heterocycles. The monoisotopic (exact) mass is 226 g/mol. The first-order valence-electron chi connectivity index (χ1n) is 5.18. The Labute approximate surface area is 91.8 Å². The highest BCUT2D eigenvalue weighted by Crippen LogP contribution is 2.34. The second kappa shape index (κ2) is 3.84. The number of nitro groups is 1. The molecule has 0 spiro atoms. The Morgan fingerprint density at radius 1 is 1.62 bits per heavy atom. The molecule has 0 bridgehead atoms. The van der Waals surface area contributed by atoms with Crippen LogP contribution in [-0.2, 0) is 5.54 Å². The number of nitrogens with zero attached hydrogens (tertiary/aromatic N) is 2. The first kappa shape index (κ1) is 11.0. The van der Waals surface area contributed by atoms with Crippen molar-refractivity contribution in [1.82, 2.24) is 10.2 Å². The van der Waals surface area contributed by atoms with E-state index in [0.717, 1.165) is 0 Å².